The Morgan fingerprint density at radius 1 is 1.10 bits per heavy atom. The fraction of sp³-hybridized carbons (Fsp3) is 0.379. The predicted octanol–water partition coefficient (Wildman–Crippen LogP) is 3.80. The van der Waals surface area contributed by atoms with Gasteiger partial charge in [0.25, 0.3) is 5.91 Å². The number of piperidine rings is 1. The highest BCUT2D eigenvalue weighted by Crippen LogP contribution is 2.41. The third kappa shape index (κ3) is 6.25. The van der Waals surface area contributed by atoms with Crippen molar-refractivity contribution in [3.63, 3.8) is 0 Å². The van der Waals surface area contributed by atoms with Gasteiger partial charge >= 0.3 is 12.1 Å². The largest absolute Gasteiger partial charge is 0.480 e. The number of rotatable bonds is 7. The van der Waals surface area contributed by atoms with Gasteiger partial charge in [-0.3, -0.25) is 9.59 Å². The predicted molar refractivity (Wildman–Crippen MR) is 149 cm³/mol. The molecular formula is C29H31F3N6O4. The zero-order valence-corrected chi connectivity index (χ0v) is 22.8. The van der Waals surface area contributed by atoms with Crippen LogP contribution in [0.1, 0.15) is 41.3 Å². The number of alkyl halides is 3. The van der Waals surface area contributed by atoms with Gasteiger partial charge in [-0.15, -0.1) is 0 Å². The van der Waals surface area contributed by atoms with E-state index in [9.17, 15) is 27.9 Å². The van der Waals surface area contributed by atoms with E-state index in [1.165, 1.54) is 25.2 Å². The molecule has 3 heterocycles. The lowest BCUT2D eigenvalue weighted by molar-refractivity contribution is -0.198. The molecule has 2 aromatic carbocycles. The fourth-order valence-electron chi connectivity index (χ4n) is 5.59. The van der Waals surface area contributed by atoms with Gasteiger partial charge in [-0.05, 0) is 47.9 Å². The third-order valence-corrected chi connectivity index (χ3v) is 7.97. The standard InChI is InChI=1S/C29H31F3N6O4/c1-34-25(39)20-8-4-18(5-9-20)17-2-6-19(7-3-17)24(29(30,31)32)42-23-14-22(36-27(33)37-23)38-12-10-28(11-13-38)15-21(26(40)41)35-16-28/h2-9,14,21,24,35H,10-13,15-16H2,1H3,(H,34,39)(H,40,41)(H2,33,36,37)/t21-,24+/m0/s1. The van der Waals surface area contributed by atoms with Gasteiger partial charge < -0.3 is 31.1 Å². The second-order valence-electron chi connectivity index (χ2n) is 10.7. The molecule has 2 saturated heterocycles. The molecule has 1 spiro atoms. The minimum absolute atomic E-state index is 0.117. The van der Waals surface area contributed by atoms with Crippen molar-refractivity contribution in [3.05, 3.63) is 65.7 Å². The first-order valence-corrected chi connectivity index (χ1v) is 13.5. The Labute approximate surface area is 240 Å². The average Bonchev–Trinajstić information content (AvgIpc) is 3.39. The maximum Gasteiger partial charge on any atom is 0.429 e. The molecule has 0 saturated carbocycles. The first kappa shape index (κ1) is 29.1. The molecule has 5 rings (SSSR count). The number of halogens is 3. The Kier molecular flexibility index (Phi) is 7.95. The van der Waals surface area contributed by atoms with Gasteiger partial charge in [-0.1, -0.05) is 36.4 Å². The minimum atomic E-state index is -4.75. The van der Waals surface area contributed by atoms with E-state index in [4.69, 9.17) is 10.5 Å². The number of hydrogen-bond donors (Lipinski definition) is 4. The van der Waals surface area contributed by atoms with E-state index in [0.717, 1.165) is 5.56 Å². The minimum Gasteiger partial charge on any atom is -0.480 e. The van der Waals surface area contributed by atoms with Crippen LogP contribution in [0.15, 0.2) is 54.6 Å². The summed E-state index contributed by atoms with van der Waals surface area (Å²) in [6, 6.07) is 13.3. The first-order chi connectivity index (χ1) is 20.0. The molecule has 5 N–H and O–H groups in total. The lowest BCUT2D eigenvalue weighted by atomic mass is 9.76. The van der Waals surface area contributed by atoms with Crippen LogP contribution >= 0.6 is 0 Å². The molecule has 2 atom stereocenters. The number of aliphatic carboxylic acids is 1. The molecule has 10 nitrogen and oxygen atoms in total. The molecule has 222 valence electrons. The maximum atomic E-state index is 14.2. The summed E-state index contributed by atoms with van der Waals surface area (Å²) in [5.74, 6) is -1.27. The average molecular weight is 585 g/mol. The zero-order valence-electron chi connectivity index (χ0n) is 22.8. The molecule has 1 aromatic heterocycles. The van der Waals surface area contributed by atoms with Gasteiger partial charge in [0.15, 0.2) is 0 Å². The summed E-state index contributed by atoms with van der Waals surface area (Å²) < 4.78 is 48.0. The molecule has 0 radical (unpaired) electrons. The number of amides is 1. The molecule has 2 fully saturated rings. The zero-order chi connectivity index (χ0) is 30.1. The van der Waals surface area contributed by atoms with Crippen LogP contribution < -0.4 is 26.0 Å². The van der Waals surface area contributed by atoms with E-state index in [1.54, 1.807) is 36.4 Å². The smallest absolute Gasteiger partial charge is 0.429 e. The summed E-state index contributed by atoms with van der Waals surface area (Å²) in [6.07, 6.45) is -5.11. The monoisotopic (exact) mass is 584 g/mol. The van der Waals surface area contributed by atoms with Crippen LogP contribution in [-0.4, -0.2) is 65.9 Å². The summed E-state index contributed by atoms with van der Waals surface area (Å²) >= 11 is 0. The number of nitrogen functional groups attached to an aromatic ring is 1. The number of nitrogens with two attached hydrogens (primary N) is 1. The maximum absolute atomic E-state index is 14.2. The Bertz CT molecular complexity index is 1440. The molecule has 13 heteroatoms. The van der Waals surface area contributed by atoms with Crippen LogP contribution in [0.5, 0.6) is 5.88 Å². The number of carboxylic acid groups (broad SMARTS) is 1. The van der Waals surface area contributed by atoms with Gasteiger partial charge in [0, 0.05) is 43.9 Å². The highest BCUT2D eigenvalue weighted by atomic mass is 19.4. The first-order valence-electron chi connectivity index (χ1n) is 13.5. The van der Waals surface area contributed by atoms with Gasteiger partial charge in [0.1, 0.15) is 11.9 Å². The molecule has 0 aliphatic carbocycles. The summed E-state index contributed by atoms with van der Waals surface area (Å²) in [5, 5.41) is 14.9. The molecular weight excluding hydrogens is 553 g/mol. The van der Waals surface area contributed by atoms with Crippen LogP contribution in [0.4, 0.5) is 24.9 Å². The lowest BCUT2D eigenvalue weighted by Crippen LogP contribution is -2.41. The molecule has 0 unspecified atom stereocenters. The van der Waals surface area contributed by atoms with E-state index in [0.29, 0.717) is 55.8 Å². The summed E-state index contributed by atoms with van der Waals surface area (Å²) in [6.45, 7) is 1.68. The SMILES string of the molecule is CNC(=O)c1ccc(-c2ccc([C@@H](Oc3cc(N4CCC5(CC4)CN[C@H](C(=O)O)C5)nc(N)n3)C(F)(F)F)cc2)cc1. The highest BCUT2D eigenvalue weighted by Gasteiger charge is 2.45. The van der Waals surface area contributed by atoms with Crippen molar-refractivity contribution in [2.45, 2.75) is 37.6 Å². The van der Waals surface area contributed by atoms with Gasteiger partial charge in [-0.25, -0.2) is 0 Å². The molecule has 2 aliphatic rings. The summed E-state index contributed by atoms with van der Waals surface area (Å²) in [7, 11) is 1.53. The van der Waals surface area contributed by atoms with Crippen LogP contribution in [-0.2, 0) is 4.79 Å². The highest BCUT2D eigenvalue weighted by molar-refractivity contribution is 5.94. The number of benzene rings is 2. The second kappa shape index (κ2) is 11.5. The lowest BCUT2D eigenvalue weighted by Gasteiger charge is -2.39. The van der Waals surface area contributed by atoms with Gasteiger partial charge in [0.05, 0.1) is 0 Å². The summed E-state index contributed by atoms with van der Waals surface area (Å²) in [4.78, 5) is 33.2. The van der Waals surface area contributed by atoms with E-state index >= 15 is 0 Å². The molecule has 42 heavy (non-hydrogen) atoms. The quantitative estimate of drug-likeness (QED) is 0.326. The number of aromatic nitrogens is 2. The molecule has 2 aliphatic heterocycles. The van der Waals surface area contributed by atoms with Crippen LogP contribution in [0.3, 0.4) is 0 Å². The van der Waals surface area contributed by atoms with Crippen molar-refractivity contribution in [2.75, 3.05) is 37.3 Å². The second-order valence-corrected chi connectivity index (χ2v) is 10.7. The van der Waals surface area contributed by atoms with Gasteiger partial charge in [-0.2, -0.15) is 23.1 Å². The Morgan fingerprint density at radius 2 is 1.71 bits per heavy atom. The van der Waals surface area contributed by atoms with Crippen LogP contribution in [0, 0.1) is 5.41 Å². The Morgan fingerprint density at radius 3 is 2.26 bits per heavy atom. The fourth-order valence-corrected chi connectivity index (χ4v) is 5.59. The number of nitrogens with one attached hydrogen (secondary N) is 2. The third-order valence-electron chi connectivity index (χ3n) is 7.97. The van der Waals surface area contributed by atoms with Crippen molar-refractivity contribution in [1.82, 2.24) is 20.6 Å². The van der Waals surface area contributed by atoms with E-state index in [-0.39, 0.29) is 28.7 Å². The van der Waals surface area contributed by atoms with Crippen molar-refractivity contribution < 1.29 is 32.6 Å². The molecule has 3 aromatic rings. The van der Waals surface area contributed by atoms with E-state index in [2.05, 4.69) is 20.6 Å². The number of nitrogens with zero attached hydrogens (tertiary/aromatic N) is 3. The number of hydrogen-bond acceptors (Lipinski definition) is 8. The number of carbonyl (C=O) groups excluding carboxylic acids is 1. The van der Waals surface area contributed by atoms with Gasteiger partial charge in [0.2, 0.25) is 17.9 Å². The number of ether oxygens (including phenoxy) is 1. The topological polar surface area (TPSA) is 143 Å². The number of carbonyl (C=O) groups is 2. The van der Waals surface area contributed by atoms with E-state index in [1.807, 2.05) is 4.90 Å². The van der Waals surface area contributed by atoms with Crippen LogP contribution in [0.25, 0.3) is 11.1 Å². The van der Waals surface area contributed by atoms with Crippen molar-refractivity contribution in [3.8, 4) is 17.0 Å². The Hall–Kier alpha value is -4.39. The van der Waals surface area contributed by atoms with Crippen LogP contribution in [0.2, 0.25) is 0 Å². The number of carboxylic acids is 1. The summed E-state index contributed by atoms with van der Waals surface area (Å²) in [5.41, 5.74) is 7.49. The van der Waals surface area contributed by atoms with Crippen molar-refractivity contribution >= 4 is 23.6 Å². The normalized spacial score (nSPS) is 19.0. The van der Waals surface area contributed by atoms with Crippen molar-refractivity contribution in [1.29, 1.82) is 0 Å². The number of anilines is 2. The Balaban J connectivity index is 1.31. The molecule has 1 amide bonds. The molecule has 0 bridgehead atoms. The van der Waals surface area contributed by atoms with Crippen molar-refractivity contribution in [2.24, 2.45) is 5.41 Å². The van der Waals surface area contributed by atoms with E-state index < -0.39 is 24.3 Å².